The molecule has 0 amide bonds. The van der Waals surface area contributed by atoms with Crippen LogP contribution >= 0.6 is 0 Å². The van der Waals surface area contributed by atoms with E-state index in [9.17, 15) is 9.65 Å². The summed E-state index contributed by atoms with van der Waals surface area (Å²) < 4.78 is 18.7. The van der Waals surface area contributed by atoms with Gasteiger partial charge in [-0.15, -0.1) is 0 Å². The van der Waals surface area contributed by atoms with Crippen molar-refractivity contribution in [3.63, 3.8) is 0 Å². The largest absolute Gasteiger partial charge is 0.490 e. The number of hydrogen-bond acceptors (Lipinski definition) is 3. The maximum Gasteiger partial charge on any atom is 0.144 e. The van der Waals surface area contributed by atoms with Gasteiger partial charge in [-0.2, -0.15) is 5.26 Å². The van der Waals surface area contributed by atoms with Crippen molar-refractivity contribution in [3.05, 3.63) is 30.1 Å². The summed E-state index contributed by atoms with van der Waals surface area (Å²) in [7, 11) is 0. The first-order valence-electron chi connectivity index (χ1n) is 6.79. The van der Waals surface area contributed by atoms with Crippen molar-refractivity contribution in [3.8, 4) is 11.8 Å². The van der Waals surface area contributed by atoms with Gasteiger partial charge in [0.15, 0.2) is 0 Å². The summed E-state index contributed by atoms with van der Waals surface area (Å²) in [5, 5.41) is 13.0. The van der Waals surface area contributed by atoms with Gasteiger partial charge in [0.05, 0.1) is 6.07 Å². The molecular weight excluding hydrogens is 243 g/mol. The Kier molecular flexibility index (Phi) is 3.16. The summed E-state index contributed by atoms with van der Waals surface area (Å²) in [4.78, 5) is 0. The first-order valence-corrected chi connectivity index (χ1v) is 6.79. The number of nitrogens with zero attached hydrogens (tertiary/aromatic N) is 1. The van der Waals surface area contributed by atoms with Gasteiger partial charge >= 0.3 is 0 Å². The molecule has 1 N–H and O–H groups in total. The van der Waals surface area contributed by atoms with Gasteiger partial charge in [0.1, 0.15) is 23.7 Å². The molecule has 0 heterocycles. The zero-order valence-corrected chi connectivity index (χ0v) is 10.7. The molecule has 1 aromatic carbocycles. The van der Waals surface area contributed by atoms with E-state index < -0.39 is 5.54 Å². The van der Waals surface area contributed by atoms with Crippen molar-refractivity contribution >= 4 is 0 Å². The Morgan fingerprint density at radius 2 is 2.16 bits per heavy atom. The molecule has 4 heteroatoms. The van der Waals surface area contributed by atoms with Crippen molar-refractivity contribution in [2.24, 2.45) is 5.92 Å². The fraction of sp³-hybridized carbons (Fsp3) is 0.533. The molecule has 0 aliphatic heterocycles. The molecule has 0 radical (unpaired) electrons. The second kappa shape index (κ2) is 4.82. The van der Waals surface area contributed by atoms with Crippen LogP contribution < -0.4 is 10.1 Å². The minimum absolute atomic E-state index is 0.286. The SMILES string of the molecule is N#CC(COc1cccc(F)c1)(NC1CC1)C1CC1. The molecule has 1 aromatic rings. The van der Waals surface area contributed by atoms with Crippen LogP contribution in [0, 0.1) is 23.1 Å². The zero-order valence-electron chi connectivity index (χ0n) is 10.7. The molecule has 3 rings (SSSR count). The quantitative estimate of drug-likeness (QED) is 0.855. The molecule has 2 aliphatic carbocycles. The van der Waals surface area contributed by atoms with Crippen LogP contribution in [0.5, 0.6) is 5.75 Å². The van der Waals surface area contributed by atoms with E-state index in [4.69, 9.17) is 4.74 Å². The summed E-state index contributed by atoms with van der Waals surface area (Å²) in [5.74, 6) is 0.533. The molecule has 2 saturated carbocycles. The van der Waals surface area contributed by atoms with Crippen LogP contribution in [0.2, 0.25) is 0 Å². The van der Waals surface area contributed by atoms with E-state index in [1.54, 1.807) is 12.1 Å². The minimum atomic E-state index is -0.604. The van der Waals surface area contributed by atoms with Gasteiger partial charge in [-0.25, -0.2) is 4.39 Å². The minimum Gasteiger partial charge on any atom is -0.490 e. The van der Waals surface area contributed by atoms with Crippen LogP contribution in [0.4, 0.5) is 4.39 Å². The molecule has 1 unspecified atom stereocenters. The van der Waals surface area contributed by atoms with E-state index in [0.29, 0.717) is 17.7 Å². The number of hydrogen-bond donors (Lipinski definition) is 1. The van der Waals surface area contributed by atoms with E-state index in [-0.39, 0.29) is 12.4 Å². The molecule has 3 nitrogen and oxygen atoms in total. The van der Waals surface area contributed by atoms with Crippen LogP contribution in [0.15, 0.2) is 24.3 Å². The summed E-state index contributed by atoms with van der Waals surface area (Å²) in [6.45, 7) is 0.286. The van der Waals surface area contributed by atoms with Crippen molar-refractivity contribution in [1.82, 2.24) is 5.32 Å². The van der Waals surface area contributed by atoms with Crippen molar-refractivity contribution < 1.29 is 9.13 Å². The molecule has 1 atom stereocenters. The van der Waals surface area contributed by atoms with Crippen molar-refractivity contribution in [2.75, 3.05) is 6.61 Å². The highest BCUT2D eigenvalue weighted by Gasteiger charge is 2.49. The summed E-state index contributed by atoms with van der Waals surface area (Å²) in [6.07, 6.45) is 4.41. The van der Waals surface area contributed by atoms with E-state index in [2.05, 4.69) is 11.4 Å². The molecule has 0 spiro atoms. The third-order valence-electron chi connectivity index (χ3n) is 3.78. The third kappa shape index (κ3) is 2.87. The van der Waals surface area contributed by atoms with Gasteiger partial charge in [0.2, 0.25) is 0 Å². The highest BCUT2D eigenvalue weighted by atomic mass is 19.1. The molecule has 2 aliphatic rings. The van der Waals surface area contributed by atoms with Crippen LogP contribution in [0.25, 0.3) is 0 Å². The highest BCUT2D eigenvalue weighted by Crippen LogP contribution is 2.41. The van der Waals surface area contributed by atoms with Crippen LogP contribution in [0.1, 0.15) is 25.7 Å². The lowest BCUT2D eigenvalue weighted by molar-refractivity contribution is 0.200. The molecule has 0 bridgehead atoms. The second-order valence-electron chi connectivity index (χ2n) is 5.52. The van der Waals surface area contributed by atoms with E-state index in [1.807, 2.05) is 0 Å². The van der Waals surface area contributed by atoms with Gasteiger partial charge in [-0.3, -0.25) is 5.32 Å². The fourth-order valence-corrected chi connectivity index (χ4v) is 2.36. The van der Waals surface area contributed by atoms with Crippen LogP contribution in [0.3, 0.4) is 0 Å². The molecule has 19 heavy (non-hydrogen) atoms. The summed E-state index contributed by atoms with van der Waals surface area (Å²) in [6, 6.07) is 8.93. The Hall–Kier alpha value is -1.60. The third-order valence-corrected chi connectivity index (χ3v) is 3.78. The summed E-state index contributed by atoms with van der Waals surface area (Å²) in [5.41, 5.74) is -0.604. The molecule has 0 saturated heterocycles. The fourth-order valence-electron chi connectivity index (χ4n) is 2.36. The van der Waals surface area contributed by atoms with Gasteiger partial charge in [0, 0.05) is 12.1 Å². The first-order chi connectivity index (χ1) is 9.22. The Bertz CT molecular complexity index is 505. The van der Waals surface area contributed by atoms with E-state index in [0.717, 1.165) is 25.7 Å². The average molecular weight is 260 g/mol. The molecule has 2 fully saturated rings. The predicted octanol–water partition coefficient (Wildman–Crippen LogP) is 2.63. The Labute approximate surface area is 112 Å². The lowest BCUT2D eigenvalue weighted by atomic mass is 9.96. The predicted molar refractivity (Wildman–Crippen MR) is 69.1 cm³/mol. The number of halogens is 1. The normalized spacial score (nSPS) is 21.5. The lowest BCUT2D eigenvalue weighted by Gasteiger charge is -2.28. The maximum absolute atomic E-state index is 13.1. The Morgan fingerprint density at radius 1 is 1.37 bits per heavy atom. The highest BCUT2D eigenvalue weighted by molar-refractivity contribution is 5.24. The first kappa shape index (κ1) is 12.4. The van der Waals surface area contributed by atoms with Crippen LogP contribution in [-0.2, 0) is 0 Å². The zero-order chi connectivity index (χ0) is 13.3. The average Bonchev–Trinajstić information content (AvgIpc) is 3.27. The molecule has 0 aromatic heterocycles. The topological polar surface area (TPSA) is 45.0 Å². The monoisotopic (exact) mass is 260 g/mol. The Morgan fingerprint density at radius 3 is 2.74 bits per heavy atom. The lowest BCUT2D eigenvalue weighted by Crippen LogP contribution is -2.52. The number of benzene rings is 1. The van der Waals surface area contributed by atoms with Crippen molar-refractivity contribution in [2.45, 2.75) is 37.3 Å². The number of ether oxygens (including phenoxy) is 1. The standard InChI is InChI=1S/C15H17FN2O/c16-12-2-1-3-14(8-12)19-10-15(9-17,11-4-5-11)18-13-6-7-13/h1-3,8,11,13,18H,4-7,10H2. The maximum atomic E-state index is 13.1. The van der Waals surface area contributed by atoms with Crippen molar-refractivity contribution in [1.29, 1.82) is 5.26 Å². The van der Waals surface area contributed by atoms with Gasteiger partial charge in [-0.1, -0.05) is 6.07 Å². The number of nitriles is 1. The Balaban J connectivity index is 1.68. The van der Waals surface area contributed by atoms with E-state index >= 15 is 0 Å². The molecule has 100 valence electrons. The summed E-state index contributed by atoms with van der Waals surface area (Å²) >= 11 is 0. The molecular formula is C15H17FN2O. The van der Waals surface area contributed by atoms with Crippen LogP contribution in [-0.4, -0.2) is 18.2 Å². The van der Waals surface area contributed by atoms with E-state index in [1.165, 1.54) is 12.1 Å². The smallest absolute Gasteiger partial charge is 0.144 e. The van der Waals surface area contributed by atoms with Gasteiger partial charge in [0.25, 0.3) is 0 Å². The van der Waals surface area contributed by atoms with Gasteiger partial charge < -0.3 is 4.74 Å². The number of nitrogens with one attached hydrogen (secondary N) is 1. The second-order valence-corrected chi connectivity index (χ2v) is 5.52. The number of rotatable bonds is 6. The van der Waals surface area contributed by atoms with Gasteiger partial charge in [-0.05, 0) is 43.7 Å².